The van der Waals surface area contributed by atoms with Crippen molar-refractivity contribution in [3.8, 4) is 0 Å². The topological polar surface area (TPSA) is 50.1 Å². The van der Waals surface area contributed by atoms with E-state index in [0.29, 0.717) is 21.8 Å². The second-order valence-corrected chi connectivity index (χ2v) is 7.75. The van der Waals surface area contributed by atoms with E-state index in [2.05, 4.69) is 5.32 Å². The highest BCUT2D eigenvalue weighted by atomic mass is 35.5. The Morgan fingerprint density at radius 1 is 0.828 bits per heavy atom. The van der Waals surface area contributed by atoms with Gasteiger partial charge in [0.05, 0.1) is 0 Å². The zero-order chi connectivity index (χ0) is 20.7. The van der Waals surface area contributed by atoms with Gasteiger partial charge in [-0.3, -0.25) is 9.59 Å². The minimum absolute atomic E-state index is 0.190. The highest BCUT2D eigenvalue weighted by molar-refractivity contribution is 6.36. The Bertz CT molecular complexity index is 1190. The molecule has 3 aromatic rings. The van der Waals surface area contributed by atoms with Crippen LogP contribution in [0.1, 0.15) is 37.4 Å². The molecule has 2 aromatic carbocycles. The third-order valence-corrected chi connectivity index (χ3v) is 5.18. The molecule has 4 nitrogen and oxygen atoms in total. The maximum absolute atomic E-state index is 13.4. The molecule has 0 fully saturated rings. The Labute approximate surface area is 174 Å². The molecular weight excluding hydrogens is 384 g/mol. The van der Waals surface area contributed by atoms with Crippen molar-refractivity contribution in [2.45, 2.75) is 20.8 Å². The molecule has 0 saturated heterocycles. The van der Waals surface area contributed by atoms with Gasteiger partial charge in [-0.25, -0.2) is 0 Å². The number of hydrogen-bond acceptors (Lipinski definition) is 3. The van der Waals surface area contributed by atoms with Gasteiger partial charge in [0.1, 0.15) is 0 Å². The van der Waals surface area contributed by atoms with Crippen LogP contribution in [0.15, 0.2) is 66.6 Å². The summed E-state index contributed by atoms with van der Waals surface area (Å²) in [5, 5.41) is 3.83. The third kappa shape index (κ3) is 3.47. The molecule has 0 spiro atoms. The summed E-state index contributed by atoms with van der Waals surface area (Å²) in [7, 11) is 0. The van der Waals surface area contributed by atoms with Gasteiger partial charge in [0.2, 0.25) is 5.78 Å². The van der Waals surface area contributed by atoms with Gasteiger partial charge in [0, 0.05) is 33.0 Å². The number of carbonyl (C=O) groups excluding carboxylic acids is 2. The summed E-state index contributed by atoms with van der Waals surface area (Å²) in [6, 6.07) is 14.3. The van der Waals surface area contributed by atoms with Crippen molar-refractivity contribution in [2.75, 3.05) is 5.32 Å². The normalized spacial score (nSPS) is 13.5. The monoisotopic (exact) mass is 403 g/mol. The molecule has 1 N–H and O–H groups in total. The second-order valence-electron chi connectivity index (χ2n) is 7.31. The van der Waals surface area contributed by atoms with Crippen LogP contribution in [0.2, 0.25) is 5.02 Å². The van der Waals surface area contributed by atoms with Crippen molar-refractivity contribution < 1.29 is 14.2 Å². The number of rotatable bonds is 3. The van der Waals surface area contributed by atoms with Gasteiger partial charge in [-0.15, -0.1) is 0 Å². The molecule has 0 aliphatic heterocycles. The van der Waals surface area contributed by atoms with Crippen LogP contribution in [0.3, 0.4) is 0 Å². The quantitative estimate of drug-likeness (QED) is 0.632. The summed E-state index contributed by atoms with van der Waals surface area (Å²) in [6.45, 7) is 5.83. The summed E-state index contributed by atoms with van der Waals surface area (Å²) < 4.78 is 1.74. The molecule has 0 bridgehead atoms. The van der Waals surface area contributed by atoms with Crippen molar-refractivity contribution in [2.24, 2.45) is 0 Å². The molecule has 0 atom stereocenters. The Morgan fingerprint density at radius 2 is 1.45 bits per heavy atom. The number of halogens is 1. The molecule has 1 aromatic heterocycles. The molecule has 1 aliphatic carbocycles. The summed E-state index contributed by atoms with van der Waals surface area (Å²) >= 11 is 6.07. The highest BCUT2D eigenvalue weighted by Crippen LogP contribution is 2.29. The first-order valence-electron chi connectivity index (χ1n) is 9.31. The maximum Gasteiger partial charge on any atom is 0.286 e. The van der Waals surface area contributed by atoms with Gasteiger partial charge in [-0.2, -0.15) is 4.57 Å². The minimum Gasteiger partial charge on any atom is -0.346 e. The zero-order valence-corrected chi connectivity index (χ0v) is 17.2. The van der Waals surface area contributed by atoms with Crippen LogP contribution in [-0.4, -0.2) is 11.6 Å². The third-order valence-electron chi connectivity index (χ3n) is 4.94. The number of nitrogens with zero attached hydrogens (tertiary/aromatic N) is 1. The summed E-state index contributed by atoms with van der Waals surface area (Å²) in [5.74, 6) is -0.402. The van der Waals surface area contributed by atoms with Crippen LogP contribution in [0.4, 0.5) is 5.69 Å². The SMILES string of the molecule is Cc1cc(C)c[n+](C2=C(Nc3ccc(Cl)cc3C)C(=O)c3ccccc3C2=O)c1. The number of pyridine rings is 1. The molecule has 5 heteroatoms. The maximum atomic E-state index is 13.4. The lowest BCUT2D eigenvalue weighted by molar-refractivity contribution is -0.578. The average Bonchev–Trinajstić information content (AvgIpc) is 2.67. The predicted molar refractivity (Wildman–Crippen MR) is 114 cm³/mol. The van der Waals surface area contributed by atoms with Crippen LogP contribution >= 0.6 is 11.6 Å². The van der Waals surface area contributed by atoms with E-state index in [-0.39, 0.29) is 17.3 Å². The Morgan fingerprint density at radius 3 is 2.07 bits per heavy atom. The number of aryl methyl sites for hydroxylation is 3. The molecule has 1 aliphatic rings. The van der Waals surface area contributed by atoms with Gasteiger partial charge in [-0.05, 0) is 50.6 Å². The Kier molecular flexibility index (Phi) is 4.81. The molecule has 0 amide bonds. The molecule has 1 heterocycles. The smallest absolute Gasteiger partial charge is 0.286 e. The van der Waals surface area contributed by atoms with Crippen molar-refractivity contribution in [3.05, 3.63) is 99.5 Å². The lowest BCUT2D eigenvalue weighted by Gasteiger charge is -2.19. The van der Waals surface area contributed by atoms with E-state index in [1.807, 2.05) is 51.4 Å². The number of fused-ring (bicyclic) bond motifs is 1. The molecule has 0 saturated carbocycles. The summed E-state index contributed by atoms with van der Waals surface area (Å²) in [5.41, 5.74) is 5.00. The lowest BCUT2D eigenvalue weighted by atomic mass is 9.89. The summed E-state index contributed by atoms with van der Waals surface area (Å²) in [6.07, 6.45) is 3.72. The van der Waals surface area contributed by atoms with E-state index < -0.39 is 0 Å². The summed E-state index contributed by atoms with van der Waals surface area (Å²) in [4.78, 5) is 26.8. The fourth-order valence-corrected chi connectivity index (χ4v) is 3.89. The number of ketones is 2. The van der Waals surface area contributed by atoms with E-state index >= 15 is 0 Å². The Balaban J connectivity index is 1.96. The van der Waals surface area contributed by atoms with Crippen LogP contribution in [0, 0.1) is 20.8 Å². The first-order chi connectivity index (χ1) is 13.8. The molecule has 0 radical (unpaired) electrons. The van der Waals surface area contributed by atoms with Crippen LogP contribution in [-0.2, 0) is 0 Å². The molecule has 144 valence electrons. The number of carbonyl (C=O) groups is 2. The number of benzene rings is 2. The second kappa shape index (κ2) is 7.30. The van der Waals surface area contributed by atoms with Crippen LogP contribution in [0.25, 0.3) is 5.70 Å². The van der Waals surface area contributed by atoms with Gasteiger partial charge >= 0.3 is 0 Å². The van der Waals surface area contributed by atoms with Crippen molar-refractivity contribution in [1.29, 1.82) is 0 Å². The number of anilines is 1. The number of aromatic nitrogens is 1. The number of Topliss-reactive ketones (excluding diaryl/α,β-unsaturated/α-hetero) is 2. The number of hydrogen-bond donors (Lipinski definition) is 1. The van der Waals surface area contributed by atoms with E-state index in [1.54, 1.807) is 34.9 Å². The van der Waals surface area contributed by atoms with E-state index in [1.165, 1.54) is 0 Å². The predicted octanol–water partition coefficient (Wildman–Crippen LogP) is 4.91. The van der Waals surface area contributed by atoms with Crippen LogP contribution < -0.4 is 9.88 Å². The van der Waals surface area contributed by atoms with Gasteiger partial charge in [0.15, 0.2) is 18.1 Å². The highest BCUT2D eigenvalue weighted by Gasteiger charge is 2.38. The first-order valence-corrected chi connectivity index (χ1v) is 9.69. The zero-order valence-electron chi connectivity index (χ0n) is 16.4. The minimum atomic E-state index is -0.212. The molecular formula is C24H20ClN2O2+. The van der Waals surface area contributed by atoms with Crippen LogP contribution in [0.5, 0.6) is 0 Å². The first kappa shape index (κ1) is 19.1. The average molecular weight is 404 g/mol. The Hall–Kier alpha value is -3.24. The van der Waals surface area contributed by atoms with Crippen molar-refractivity contribution in [1.82, 2.24) is 0 Å². The number of allylic oxidation sites excluding steroid dienone is 2. The van der Waals surface area contributed by atoms with Gasteiger partial charge < -0.3 is 5.32 Å². The standard InChI is InChI=1S/C24H19ClN2O2/c1-14-10-15(2)13-27(12-14)22-21(26-20-9-8-17(25)11-16(20)3)23(28)18-6-4-5-7-19(18)24(22)29/h4-13H,1-3H3/p+1. The fourth-order valence-electron chi connectivity index (χ4n) is 3.67. The van der Waals surface area contributed by atoms with Gasteiger partial charge in [0.25, 0.3) is 11.5 Å². The van der Waals surface area contributed by atoms with Gasteiger partial charge in [-0.1, -0.05) is 35.9 Å². The van der Waals surface area contributed by atoms with Crippen molar-refractivity contribution in [3.63, 3.8) is 0 Å². The number of nitrogens with one attached hydrogen (secondary N) is 1. The van der Waals surface area contributed by atoms with E-state index in [0.717, 1.165) is 22.4 Å². The fraction of sp³-hybridized carbons (Fsp3) is 0.125. The lowest BCUT2D eigenvalue weighted by Crippen LogP contribution is -2.42. The van der Waals surface area contributed by atoms with E-state index in [9.17, 15) is 9.59 Å². The molecule has 4 rings (SSSR count). The van der Waals surface area contributed by atoms with Crippen molar-refractivity contribution >= 4 is 34.6 Å². The molecule has 0 unspecified atom stereocenters. The largest absolute Gasteiger partial charge is 0.346 e. The molecule has 29 heavy (non-hydrogen) atoms. The van der Waals surface area contributed by atoms with E-state index in [4.69, 9.17) is 11.6 Å².